The first-order chi connectivity index (χ1) is 17.2. The van der Waals surface area contributed by atoms with Crippen LogP contribution in [0.25, 0.3) is 5.69 Å². The van der Waals surface area contributed by atoms with Crippen molar-refractivity contribution in [1.82, 2.24) is 9.55 Å². The van der Waals surface area contributed by atoms with Crippen molar-refractivity contribution in [2.75, 3.05) is 0 Å². The van der Waals surface area contributed by atoms with Crippen molar-refractivity contribution in [2.45, 2.75) is 71.1 Å². The minimum Gasteiger partial charge on any atom is -0.358 e. The van der Waals surface area contributed by atoms with Crippen LogP contribution in [0.4, 0.5) is 4.39 Å². The van der Waals surface area contributed by atoms with Gasteiger partial charge in [0.2, 0.25) is 5.88 Å². The fraction of sp³-hybridized carbons (Fsp3) is 0.370. The number of nitriles is 1. The molecule has 0 spiro atoms. The van der Waals surface area contributed by atoms with Gasteiger partial charge in [0.05, 0.1) is 17.3 Å². The van der Waals surface area contributed by atoms with Crippen LogP contribution in [0.1, 0.15) is 87.4 Å². The highest BCUT2D eigenvalue weighted by atomic mass is 35.5. The van der Waals surface area contributed by atoms with E-state index in [9.17, 15) is 17.6 Å². The topological polar surface area (TPSA) is 102 Å². The largest absolute Gasteiger partial charge is 0.358 e. The van der Waals surface area contributed by atoms with Crippen molar-refractivity contribution in [1.29, 1.82) is 5.26 Å². The number of aryl methyl sites for hydroxylation is 1. The lowest BCUT2D eigenvalue weighted by molar-refractivity contribution is 0.469. The Hall–Kier alpha value is -3.22. The number of hydrogen-bond acceptors (Lipinski definition) is 6. The molecule has 0 aliphatic rings. The molecule has 0 N–H and O–H groups in total. The Morgan fingerprint density at radius 3 is 2.05 bits per heavy atom. The molecule has 10 heteroatoms. The summed E-state index contributed by atoms with van der Waals surface area (Å²) >= 11 is 6.07. The lowest BCUT2D eigenvalue weighted by Gasteiger charge is -2.22. The normalized spacial score (nSPS) is 11.9. The third-order valence-corrected chi connectivity index (χ3v) is 7.73. The number of nitrogens with zero attached hydrogens (tertiary/aromatic N) is 3. The fourth-order valence-electron chi connectivity index (χ4n) is 4.04. The SMILES string of the molecule is Cc1nc(OS(=O)(=O)c2c(C(C)C)cc(C(C)C)cc2C(C)C)cc(=O)n1-c1ccc(C#N)c(F)c1Cl. The standard InChI is InChI=1S/C27H29ClFN3O4S/c1-14(2)19-10-20(15(3)4)27(21(11-19)16(5)6)37(34,35)36-23-12-24(33)32(17(7)31-23)22-9-8-18(13-30)26(29)25(22)28/h8-12,14-16H,1-7H3. The zero-order valence-electron chi connectivity index (χ0n) is 21.8. The molecule has 0 radical (unpaired) electrons. The molecule has 0 atom stereocenters. The fourth-order valence-corrected chi connectivity index (χ4v) is 5.85. The third-order valence-electron chi connectivity index (χ3n) is 6.01. The summed E-state index contributed by atoms with van der Waals surface area (Å²) in [6.07, 6.45) is 0. The van der Waals surface area contributed by atoms with E-state index in [0.29, 0.717) is 11.1 Å². The van der Waals surface area contributed by atoms with Crippen LogP contribution >= 0.6 is 11.6 Å². The van der Waals surface area contributed by atoms with E-state index in [-0.39, 0.29) is 39.7 Å². The average molecular weight is 546 g/mol. The van der Waals surface area contributed by atoms with Crippen molar-refractivity contribution >= 4 is 21.7 Å². The van der Waals surface area contributed by atoms with Crippen LogP contribution < -0.4 is 9.74 Å². The maximum Gasteiger partial charge on any atom is 0.341 e. The summed E-state index contributed by atoms with van der Waals surface area (Å²) in [6.45, 7) is 13.2. The summed E-state index contributed by atoms with van der Waals surface area (Å²) in [7, 11) is -4.37. The van der Waals surface area contributed by atoms with Crippen LogP contribution in [0.2, 0.25) is 5.02 Å². The van der Waals surface area contributed by atoms with E-state index in [4.69, 9.17) is 21.0 Å². The second-order valence-corrected chi connectivity index (χ2v) is 11.6. The Bertz CT molecular complexity index is 1540. The molecule has 0 saturated carbocycles. The smallest absolute Gasteiger partial charge is 0.341 e. The summed E-state index contributed by atoms with van der Waals surface area (Å²) in [5.74, 6) is -1.39. The van der Waals surface area contributed by atoms with Crippen molar-refractivity contribution in [3.05, 3.63) is 79.6 Å². The second kappa shape index (κ2) is 10.6. The van der Waals surface area contributed by atoms with Gasteiger partial charge in [-0.2, -0.15) is 18.7 Å². The Balaban J connectivity index is 2.15. The predicted molar refractivity (Wildman–Crippen MR) is 141 cm³/mol. The third kappa shape index (κ3) is 5.55. The van der Waals surface area contributed by atoms with Crippen LogP contribution in [0.3, 0.4) is 0 Å². The maximum absolute atomic E-state index is 14.4. The summed E-state index contributed by atoms with van der Waals surface area (Å²) in [5, 5.41) is 8.57. The molecule has 0 aliphatic heterocycles. The van der Waals surface area contributed by atoms with Gasteiger partial charge in [0.15, 0.2) is 5.82 Å². The predicted octanol–water partition coefficient (Wildman–Crippen LogP) is 6.34. The Morgan fingerprint density at radius 2 is 1.59 bits per heavy atom. The van der Waals surface area contributed by atoms with E-state index < -0.39 is 32.4 Å². The Kier molecular flexibility index (Phi) is 8.15. The molecule has 3 rings (SSSR count). The molecule has 7 nitrogen and oxygen atoms in total. The van der Waals surface area contributed by atoms with Crippen molar-refractivity contribution < 1.29 is 17.0 Å². The molecular formula is C27H29ClFN3O4S. The molecule has 0 aliphatic carbocycles. The summed E-state index contributed by atoms with van der Waals surface area (Å²) in [4.78, 5) is 17.2. The number of benzene rings is 2. The van der Waals surface area contributed by atoms with Gasteiger partial charge in [0.1, 0.15) is 21.8 Å². The van der Waals surface area contributed by atoms with Gasteiger partial charge in [-0.25, -0.2) is 4.39 Å². The minimum absolute atomic E-state index is 0.0204. The highest BCUT2D eigenvalue weighted by Crippen LogP contribution is 2.36. The molecule has 2 aromatic carbocycles. The minimum atomic E-state index is -4.37. The zero-order valence-corrected chi connectivity index (χ0v) is 23.3. The molecule has 37 heavy (non-hydrogen) atoms. The summed E-state index contributed by atoms with van der Waals surface area (Å²) < 4.78 is 48.0. The van der Waals surface area contributed by atoms with Crippen molar-refractivity contribution in [3.8, 4) is 17.6 Å². The van der Waals surface area contributed by atoms with Gasteiger partial charge in [-0.05, 0) is 53.5 Å². The molecule has 0 amide bonds. The van der Waals surface area contributed by atoms with E-state index in [2.05, 4.69) is 4.98 Å². The summed E-state index contributed by atoms with van der Waals surface area (Å²) in [5.41, 5.74) is 1.24. The maximum atomic E-state index is 14.4. The molecular weight excluding hydrogens is 517 g/mol. The highest BCUT2D eigenvalue weighted by Gasteiger charge is 2.29. The van der Waals surface area contributed by atoms with Crippen LogP contribution in [0.5, 0.6) is 5.88 Å². The summed E-state index contributed by atoms with van der Waals surface area (Å²) in [6, 6.07) is 8.87. The Labute approximate surface area is 221 Å². The van der Waals surface area contributed by atoms with E-state index >= 15 is 0 Å². The van der Waals surface area contributed by atoms with Gasteiger partial charge in [0, 0.05) is 0 Å². The molecule has 0 bridgehead atoms. The first kappa shape index (κ1) is 28.4. The molecule has 0 saturated heterocycles. The van der Waals surface area contributed by atoms with Gasteiger partial charge in [-0.3, -0.25) is 9.36 Å². The number of halogens is 2. The van der Waals surface area contributed by atoms with Crippen LogP contribution in [0, 0.1) is 24.1 Å². The van der Waals surface area contributed by atoms with E-state index in [1.807, 2.05) is 53.7 Å². The van der Waals surface area contributed by atoms with Crippen LogP contribution in [-0.4, -0.2) is 18.0 Å². The molecule has 0 fully saturated rings. The van der Waals surface area contributed by atoms with E-state index in [0.717, 1.165) is 16.2 Å². The molecule has 1 heterocycles. The average Bonchev–Trinajstić information content (AvgIpc) is 2.80. The van der Waals surface area contributed by atoms with Crippen LogP contribution in [0.15, 0.2) is 40.0 Å². The highest BCUT2D eigenvalue weighted by molar-refractivity contribution is 7.87. The van der Waals surface area contributed by atoms with E-state index in [1.165, 1.54) is 19.1 Å². The van der Waals surface area contributed by atoms with Gasteiger partial charge in [-0.15, -0.1) is 0 Å². The van der Waals surface area contributed by atoms with Crippen molar-refractivity contribution in [2.24, 2.45) is 0 Å². The van der Waals surface area contributed by atoms with Gasteiger partial charge < -0.3 is 4.18 Å². The molecule has 196 valence electrons. The first-order valence-electron chi connectivity index (χ1n) is 11.8. The number of aromatic nitrogens is 2. The molecule has 3 aromatic rings. The zero-order chi connectivity index (χ0) is 27.8. The Morgan fingerprint density at radius 1 is 1.03 bits per heavy atom. The molecule has 1 aromatic heterocycles. The second-order valence-electron chi connectivity index (χ2n) is 9.72. The van der Waals surface area contributed by atoms with Crippen molar-refractivity contribution in [3.63, 3.8) is 0 Å². The van der Waals surface area contributed by atoms with Gasteiger partial charge in [-0.1, -0.05) is 65.3 Å². The number of hydrogen-bond donors (Lipinski definition) is 0. The lowest BCUT2D eigenvalue weighted by Crippen LogP contribution is -2.24. The van der Waals surface area contributed by atoms with Crippen LogP contribution in [-0.2, 0) is 10.1 Å². The number of rotatable bonds is 7. The monoisotopic (exact) mass is 545 g/mol. The lowest BCUT2D eigenvalue weighted by atomic mass is 9.89. The first-order valence-corrected chi connectivity index (χ1v) is 13.6. The van der Waals surface area contributed by atoms with E-state index in [1.54, 1.807) is 6.07 Å². The quantitative estimate of drug-likeness (QED) is 0.321. The van der Waals surface area contributed by atoms with Gasteiger partial charge in [0.25, 0.3) is 5.56 Å². The van der Waals surface area contributed by atoms with Gasteiger partial charge >= 0.3 is 10.1 Å². The molecule has 0 unspecified atom stereocenters.